The van der Waals surface area contributed by atoms with Gasteiger partial charge in [0, 0.05) is 36.8 Å². The fraction of sp³-hybridized carbons (Fsp3) is 0.286. The number of hydrogen-bond acceptors (Lipinski definition) is 5. The molecule has 1 aliphatic heterocycles. The number of piperazine rings is 1. The maximum atomic E-state index is 12.1. The topological polar surface area (TPSA) is 90.4 Å². The lowest BCUT2D eigenvalue weighted by atomic mass is 10.0. The van der Waals surface area contributed by atoms with E-state index in [1.54, 1.807) is 30.3 Å². The van der Waals surface area contributed by atoms with Crippen LogP contribution in [0.15, 0.2) is 42.5 Å². The number of halogens is 1. The van der Waals surface area contributed by atoms with E-state index in [-0.39, 0.29) is 5.78 Å². The van der Waals surface area contributed by atoms with E-state index < -0.39 is 11.9 Å². The molecule has 6 nitrogen and oxygen atoms in total. The third-order valence-electron chi connectivity index (χ3n) is 5.00. The van der Waals surface area contributed by atoms with Crippen LogP contribution in [0.5, 0.6) is 0 Å². The highest BCUT2D eigenvalue weighted by Gasteiger charge is 2.29. The number of amides is 1. The maximum absolute atomic E-state index is 12.1. The summed E-state index contributed by atoms with van der Waals surface area (Å²) in [5, 5.41) is 10.0. The van der Waals surface area contributed by atoms with Gasteiger partial charge in [-0.05, 0) is 42.8 Å². The number of nitrogens with zero attached hydrogens (tertiary/aromatic N) is 3. The monoisotopic (exact) mass is 396 g/mol. The van der Waals surface area contributed by atoms with Crippen molar-refractivity contribution >= 4 is 29.0 Å². The largest absolute Gasteiger partial charge is 0.368 e. The van der Waals surface area contributed by atoms with Gasteiger partial charge in [-0.3, -0.25) is 14.5 Å². The number of Topliss-reactive ketones (excluding diaryl/α,β-unsaturated/α-hetero) is 1. The molecule has 0 bridgehead atoms. The molecule has 0 radical (unpaired) electrons. The summed E-state index contributed by atoms with van der Waals surface area (Å²) in [5.41, 5.74) is 8.34. The highest BCUT2D eigenvalue weighted by atomic mass is 35.5. The molecule has 1 saturated heterocycles. The van der Waals surface area contributed by atoms with Gasteiger partial charge in [0.15, 0.2) is 5.78 Å². The van der Waals surface area contributed by atoms with Crippen molar-refractivity contribution in [2.45, 2.75) is 13.0 Å². The normalized spacial score (nSPS) is 15.7. The van der Waals surface area contributed by atoms with Crippen molar-refractivity contribution in [2.75, 3.05) is 31.1 Å². The number of nitrogens with two attached hydrogens (primary N) is 1. The summed E-state index contributed by atoms with van der Waals surface area (Å²) in [6.45, 7) is 3.95. The number of hydrogen-bond donors (Lipinski definition) is 1. The predicted molar refractivity (Wildman–Crippen MR) is 108 cm³/mol. The summed E-state index contributed by atoms with van der Waals surface area (Å²) >= 11 is 5.95. The van der Waals surface area contributed by atoms with Crippen LogP contribution in [0.25, 0.3) is 0 Å². The fourth-order valence-corrected chi connectivity index (χ4v) is 3.65. The first kappa shape index (κ1) is 19.9. The van der Waals surface area contributed by atoms with E-state index in [2.05, 4.69) is 11.0 Å². The first-order valence-electron chi connectivity index (χ1n) is 8.99. The predicted octanol–water partition coefficient (Wildman–Crippen LogP) is 2.76. The van der Waals surface area contributed by atoms with E-state index in [4.69, 9.17) is 17.3 Å². The van der Waals surface area contributed by atoms with Crippen molar-refractivity contribution in [3.8, 4) is 6.07 Å². The second kappa shape index (κ2) is 8.42. The van der Waals surface area contributed by atoms with Gasteiger partial charge in [0.2, 0.25) is 5.91 Å². The van der Waals surface area contributed by atoms with Gasteiger partial charge in [0.25, 0.3) is 0 Å². The summed E-state index contributed by atoms with van der Waals surface area (Å²) in [6, 6.07) is 13.9. The Morgan fingerprint density at radius 1 is 1.11 bits per heavy atom. The highest BCUT2D eigenvalue weighted by molar-refractivity contribution is 6.30. The fourth-order valence-electron chi connectivity index (χ4n) is 3.53. The molecule has 2 aromatic rings. The minimum absolute atomic E-state index is 0.0408. The smallest absolute Gasteiger partial charge is 0.239 e. The Kier molecular flexibility index (Phi) is 5.98. The number of primary amides is 1. The number of benzene rings is 2. The molecule has 144 valence electrons. The van der Waals surface area contributed by atoms with Crippen molar-refractivity contribution in [3.63, 3.8) is 0 Å². The summed E-state index contributed by atoms with van der Waals surface area (Å²) in [6.07, 6.45) is 0. The van der Waals surface area contributed by atoms with Crippen LogP contribution >= 0.6 is 11.6 Å². The zero-order chi connectivity index (χ0) is 20.3. The van der Waals surface area contributed by atoms with Gasteiger partial charge in [-0.2, -0.15) is 5.26 Å². The Labute approximate surface area is 169 Å². The number of ketones is 1. The lowest BCUT2D eigenvalue weighted by Gasteiger charge is -2.39. The van der Waals surface area contributed by atoms with E-state index in [0.29, 0.717) is 42.3 Å². The first-order valence-corrected chi connectivity index (χ1v) is 9.37. The average Bonchev–Trinajstić information content (AvgIpc) is 2.69. The molecule has 2 aromatic carbocycles. The molecule has 0 saturated carbocycles. The van der Waals surface area contributed by atoms with Gasteiger partial charge in [0.1, 0.15) is 12.1 Å². The summed E-state index contributed by atoms with van der Waals surface area (Å²) in [5.74, 6) is -0.451. The molecule has 1 fully saturated rings. The molecule has 1 aliphatic rings. The minimum Gasteiger partial charge on any atom is -0.368 e. The molecule has 1 unspecified atom stereocenters. The zero-order valence-corrected chi connectivity index (χ0v) is 16.3. The Morgan fingerprint density at radius 2 is 1.75 bits per heavy atom. The van der Waals surface area contributed by atoms with Crippen LogP contribution in [-0.2, 0) is 4.79 Å². The van der Waals surface area contributed by atoms with Crippen molar-refractivity contribution < 1.29 is 9.59 Å². The van der Waals surface area contributed by atoms with E-state index in [0.717, 1.165) is 11.3 Å². The molecule has 1 heterocycles. The summed E-state index contributed by atoms with van der Waals surface area (Å²) in [4.78, 5) is 27.9. The Morgan fingerprint density at radius 3 is 2.29 bits per heavy atom. The highest BCUT2D eigenvalue weighted by Crippen LogP contribution is 2.27. The van der Waals surface area contributed by atoms with E-state index in [9.17, 15) is 14.9 Å². The van der Waals surface area contributed by atoms with Crippen LogP contribution < -0.4 is 10.6 Å². The van der Waals surface area contributed by atoms with Gasteiger partial charge in [-0.15, -0.1) is 0 Å². The SMILES string of the molecule is CC(=O)c1ccc(C#N)c(N2CCN(C(C(N)=O)c3ccc(Cl)cc3)CC2)c1. The summed E-state index contributed by atoms with van der Waals surface area (Å²) < 4.78 is 0. The minimum atomic E-state index is -0.529. The van der Waals surface area contributed by atoms with Crippen molar-refractivity contribution in [1.29, 1.82) is 5.26 Å². The van der Waals surface area contributed by atoms with Gasteiger partial charge in [-0.25, -0.2) is 0 Å². The van der Waals surface area contributed by atoms with Crippen LogP contribution in [0.4, 0.5) is 5.69 Å². The maximum Gasteiger partial charge on any atom is 0.239 e. The second-order valence-corrected chi connectivity index (χ2v) is 7.22. The molecule has 28 heavy (non-hydrogen) atoms. The van der Waals surface area contributed by atoms with Crippen LogP contribution in [0, 0.1) is 11.3 Å². The number of rotatable bonds is 5. The molecule has 1 amide bonds. The Bertz CT molecular complexity index is 928. The number of anilines is 1. The molecular weight excluding hydrogens is 376 g/mol. The molecule has 0 aromatic heterocycles. The third kappa shape index (κ3) is 4.16. The zero-order valence-electron chi connectivity index (χ0n) is 15.6. The molecule has 1 atom stereocenters. The molecule has 3 rings (SSSR count). The molecule has 0 aliphatic carbocycles. The number of nitriles is 1. The molecular formula is C21H21ClN4O2. The van der Waals surface area contributed by atoms with Crippen molar-refractivity contribution in [2.24, 2.45) is 5.73 Å². The van der Waals surface area contributed by atoms with Crippen LogP contribution in [0.1, 0.15) is 34.5 Å². The van der Waals surface area contributed by atoms with Gasteiger partial charge < -0.3 is 10.6 Å². The van der Waals surface area contributed by atoms with Crippen molar-refractivity contribution in [3.05, 3.63) is 64.2 Å². The number of carbonyl (C=O) groups excluding carboxylic acids is 2. The lowest BCUT2D eigenvalue weighted by molar-refractivity contribution is -0.123. The van der Waals surface area contributed by atoms with Crippen LogP contribution in [0.3, 0.4) is 0 Å². The quantitative estimate of drug-likeness (QED) is 0.785. The van der Waals surface area contributed by atoms with E-state index in [1.807, 2.05) is 17.0 Å². The standard InChI is InChI=1S/C21H21ClN4O2/c1-14(27)16-2-3-17(13-23)19(12-16)25-8-10-26(11-9-25)20(21(24)28)15-4-6-18(22)7-5-15/h2-7,12,20H,8-11H2,1H3,(H2,24,28). The molecule has 7 heteroatoms. The molecule has 0 spiro atoms. The van der Waals surface area contributed by atoms with Crippen molar-refractivity contribution in [1.82, 2.24) is 4.90 Å². The van der Waals surface area contributed by atoms with E-state index in [1.165, 1.54) is 6.92 Å². The average molecular weight is 397 g/mol. The summed E-state index contributed by atoms with van der Waals surface area (Å²) in [7, 11) is 0. The second-order valence-electron chi connectivity index (χ2n) is 6.78. The van der Waals surface area contributed by atoms with Gasteiger partial charge in [-0.1, -0.05) is 23.7 Å². The Hall–Kier alpha value is -2.88. The third-order valence-corrected chi connectivity index (χ3v) is 5.25. The first-order chi connectivity index (χ1) is 13.4. The molecule has 2 N–H and O–H groups in total. The van der Waals surface area contributed by atoms with Crippen LogP contribution in [0.2, 0.25) is 5.02 Å². The van der Waals surface area contributed by atoms with Gasteiger partial charge >= 0.3 is 0 Å². The van der Waals surface area contributed by atoms with Gasteiger partial charge in [0.05, 0.1) is 11.3 Å². The van der Waals surface area contributed by atoms with E-state index >= 15 is 0 Å². The Balaban J connectivity index is 1.79. The lowest BCUT2D eigenvalue weighted by Crippen LogP contribution is -2.50. The number of carbonyl (C=O) groups is 2. The van der Waals surface area contributed by atoms with Crippen LogP contribution in [-0.4, -0.2) is 42.8 Å².